The maximum absolute atomic E-state index is 4.59. The Hall–Kier alpha value is -0.171. The molecule has 0 amide bonds. The standard InChI is InChI=1S/C11H14N.C2H5.Tc/c1-2-11-7-9-5-3-4-6-10(9)8-12-11;1-2;/h3-6,11H,2,7-8H2,1H3;1H2,2H3;/q2*-1;. The molecule has 1 unspecified atom stereocenters. The molecule has 0 aliphatic carbocycles. The van der Waals surface area contributed by atoms with Crippen molar-refractivity contribution in [3.63, 3.8) is 0 Å². The fraction of sp³-hybridized carbons (Fsp3) is 0.462. The molecule has 1 radical (unpaired) electrons. The molecule has 2 rings (SSSR count). The van der Waals surface area contributed by atoms with E-state index in [4.69, 9.17) is 0 Å². The topological polar surface area (TPSA) is 14.1 Å². The second-order valence-corrected chi connectivity index (χ2v) is 3.38. The van der Waals surface area contributed by atoms with E-state index in [-0.39, 0.29) is 20.1 Å². The Bertz CT molecular complexity index is 273. The van der Waals surface area contributed by atoms with Crippen LogP contribution in [-0.2, 0) is 33.1 Å². The van der Waals surface area contributed by atoms with Crippen LogP contribution in [0, 0.1) is 6.92 Å². The third-order valence-corrected chi connectivity index (χ3v) is 2.57. The Kier molecular flexibility index (Phi) is 7.95. The van der Waals surface area contributed by atoms with Crippen LogP contribution < -0.4 is 0 Å². The van der Waals surface area contributed by atoms with Gasteiger partial charge in [0, 0.05) is 20.1 Å². The number of benzene rings is 1. The van der Waals surface area contributed by atoms with E-state index in [9.17, 15) is 0 Å². The van der Waals surface area contributed by atoms with Gasteiger partial charge in [-0.05, 0) is 12.0 Å². The molecule has 0 N–H and O–H groups in total. The molecule has 0 saturated heterocycles. The van der Waals surface area contributed by atoms with Gasteiger partial charge in [0.2, 0.25) is 0 Å². The molecule has 1 nitrogen and oxygen atoms in total. The van der Waals surface area contributed by atoms with Crippen LogP contribution in [-0.4, -0.2) is 6.04 Å². The molecular weight excluding hydrogens is 268 g/mol. The molecule has 0 saturated carbocycles. The summed E-state index contributed by atoms with van der Waals surface area (Å²) in [6.45, 7) is 8.14. The fourth-order valence-corrected chi connectivity index (χ4v) is 1.73. The summed E-state index contributed by atoms with van der Waals surface area (Å²) in [4.78, 5) is 0. The maximum atomic E-state index is 4.59. The van der Waals surface area contributed by atoms with Gasteiger partial charge in [0.25, 0.3) is 0 Å². The van der Waals surface area contributed by atoms with Crippen LogP contribution in [0.5, 0.6) is 0 Å². The molecule has 1 aliphatic heterocycles. The number of nitrogens with zero attached hydrogens (tertiary/aromatic N) is 1. The van der Waals surface area contributed by atoms with Crippen molar-refractivity contribution in [2.24, 2.45) is 0 Å². The second-order valence-electron chi connectivity index (χ2n) is 3.38. The third kappa shape index (κ3) is 4.06. The summed E-state index contributed by atoms with van der Waals surface area (Å²) in [5, 5.41) is 4.59. The van der Waals surface area contributed by atoms with Gasteiger partial charge in [0.15, 0.2) is 0 Å². The van der Waals surface area contributed by atoms with Crippen molar-refractivity contribution >= 4 is 0 Å². The summed E-state index contributed by atoms with van der Waals surface area (Å²) in [6.07, 6.45) is 2.32. The average molecular weight is 287 g/mol. The van der Waals surface area contributed by atoms with E-state index in [1.807, 2.05) is 0 Å². The minimum absolute atomic E-state index is 0. The predicted octanol–water partition coefficient (Wildman–Crippen LogP) is 3.73. The smallest absolute Gasteiger partial charge is 0 e. The van der Waals surface area contributed by atoms with Crippen molar-refractivity contribution in [1.29, 1.82) is 0 Å². The SMILES string of the molecule is CCC1Cc2ccccc2C[N-]1.[CH2-]C.[Tc]. The van der Waals surface area contributed by atoms with Gasteiger partial charge in [0.05, 0.1) is 0 Å². The molecule has 0 bridgehead atoms. The molecule has 1 heterocycles. The molecule has 0 spiro atoms. The summed E-state index contributed by atoms with van der Waals surface area (Å²) in [7, 11) is 0. The molecular formula is C13H19NTc-2. The molecule has 1 atom stereocenters. The van der Waals surface area contributed by atoms with Gasteiger partial charge in [-0.2, -0.15) is 6.92 Å². The Morgan fingerprint density at radius 3 is 2.47 bits per heavy atom. The van der Waals surface area contributed by atoms with E-state index >= 15 is 0 Å². The number of hydrogen-bond acceptors (Lipinski definition) is 0. The van der Waals surface area contributed by atoms with Crippen molar-refractivity contribution in [2.45, 2.75) is 39.3 Å². The second kappa shape index (κ2) is 8.04. The number of hydrogen-bond donors (Lipinski definition) is 0. The zero-order valence-corrected chi connectivity index (χ0v) is 11.4. The Labute approximate surface area is 107 Å². The van der Waals surface area contributed by atoms with Gasteiger partial charge in [-0.3, -0.25) is 0 Å². The van der Waals surface area contributed by atoms with E-state index < -0.39 is 0 Å². The van der Waals surface area contributed by atoms with Gasteiger partial charge in [-0.1, -0.05) is 43.2 Å². The molecule has 1 aliphatic rings. The molecule has 1 aromatic rings. The third-order valence-electron chi connectivity index (χ3n) is 2.57. The number of rotatable bonds is 1. The van der Waals surface area contributed by atoms with Gasteiger partial charge >= 0.3 is 0 Å². The first-order valence-corrected chi connectivity index (χ1v) is 5.34. The van der Waals surface area contributed by atoms with Crippen molar-refractivity contribution in [3.8, 4) is 0 Å². The monoisotopic (exact) mass is 286 g/mol. The first kappa shape index (κ1) is 14.8. The van der Waals surface area contributed by atoms with E-state index in [2.05, 4.69) is 43.4 Å². The average Bonchev–Trinajstić information content (AvgIpc) is 2.31. The van der Waals surface area contributed by atoms with Gasteiger partial charge in [0.1, 0.15) is 0 Å². The first-order valence-electron chi connectivity index (χ1n) is 5.34. The Balaban J connectivity index is 0.000000617. The van der Waals surface area contributed by atoms with E-state index in [0.29, 0.717) is 6.04 Å². The molecule has 15 heavy (non-hydrogen) atoms. The Morgan fingerprint density at radius 1 is 1.27 bits per heavy atom. The van der Waals surface area contributed by atoms with Gasteiger partial charge in [-0.25, -0.2) is 0 Å². The minimum Gasteiger partial charge on any atom is -0.655 e. The van der Waals surface area contributed by atoms with Crippen LogP contribution >= 0.6 is 0 Å². The van der Waals surface area contributed by atoms with Crippen LogP contribution in [0.25, 0.3) is 5.32 Å². The number of fused-ring (bicyclic) bond motifs is 1. The largest absolute Gasteiger partial charge is 0.655 e. The predicted molar refractivity (Wildman–Crippen MR) is 62.3 cm³/mol. The molecule has 85 valence electrons. The van der Waals surface area contributed by atoms with Crippen molar-refractivity contribution in [1.82, 2.24) is 0 Å². The minimum atomic E-state index is 0. The van der Waals surface area contributed by atoms with Crippen molar-refractivity contribution in [2.75, 3.05) is 0 Å². The van der Waals surface area contributed by atoms with Crippen molar-refractivity contribution < 1.29 is 20.1 Å². The fourth-order valence-electron chi connectivity index (χ4n) is 1.73. The zero-order chi connectivity index (χ0) is 10.4. The van der Waals surface area contributed by atoms with Crippen LogP contribution in [0.15, 0.2) is 24.3 Å². The molecule has 1 aromatic carbocycles. The zero-order valence-electron chi connectivity index (χ0n) is 9.54. The molecule has 0 fully saturated rings. The van der Waals surface area contributed by atoms with Crippen LogP contribution in [0.1, 0.15) is 31.4 Å². The quantitative estimate of drug-likeness (QED) is 0.699. The van der Waals surface area contributed by atoms with E-state index in [1.165, 1.54) is 17.5 Å². The maximum Gasteiger partial charge on any atom is 0 e. The summed E-state index contributed by atoms with van der Waals surface area (Å²) in [5.74, 6) is 0. The van der Waals surface area contributed by atoms with Crippen LogP contribution in [0.2, 0.25) is 0 Å². The summed E-state index contributed by atoms with van der Waals surface area (Å²) in [5.41, 5.74) is 2.92. The Morgan fingerprint density at radius 2 is 1.87 bits per heavy atom. The van der Waals surface area contributed by atoms with Gasteiger partial charge < -0.3 is 12.2 Å². The van der Waals surface area contributed by atoms with E-state index in [1.54, 1.807) is 6.92 Å². The van der Waals surface area contributed by atoms with Crippen molar-refractivity contribution in [3.05, 3.63) is 47.6 Å². The summed E-state index contributed by atoms with van der Waals surface area (Å²) < 4.78 is 0. The summed E-state index contributed by atoms with van der Waals surface area (Å²) >= 11 is 0. The van der Waals surface area contributed by atoms with Gasteiger partial charge in [-0.15, -0.1) is 12.6 Å². The molecule has 2 heteroatoms. The van der Waals surface area contributed by atoms with Crippen LogP contribution in [0.3, 0.4) is 0 Å². The first-order chi connectivity index (χ1) is 6.90. The summed E-state index contributed by atoms with van der Waals surface area (Å²) in [6, 6.07) is 9.20. The van der Waals surface area contributed by atoms with E-state index in [0.717, 1.165) is 13.0 Å². The molecule has 0 aromatic heterocycles. The van der Waals surface area contributed by atoms with Crippen LogP contribution in [0.4, 0.5) is 0 Å². The normalized spacial score (nSPS) is 17.9.